The standard InChI is InChI=1S/C25H14Cl2IN3O3S/c26-18-6-3-7-20(22(18)27)31-24(33)17(23(32)30-25(31)35)10-14-8-9-21(19(28)11-14)34-13-16-5-2-1-4-15(16)12-29/h1-11H,13H2,(H,30,32,35)/b17-10+. The summed E-state index contributed by atoms with van der Waals surface area (Å²) in [5, 5.41) is 12.1. The van der Waals surface area contributed by atoms with Crippen molar-refractivity contribution in [2.75, 3.05) is 4.90 Å². The van der Waals surface area contributed by atoms with Gasteiger partial charge in [-0.25, -0.2) is 0 Å². The predicted octanol–water partition coefficient (Wildman–Crippen LogP) is 5.88. The molecule has 0 unspecified atom stereocenters. The molecule has 1 saturated heterocycles. The molecule has 4 rings (SSSR count). The summed E-state index contributed by atoms with van der Waals surface area (Å²) >= 11 is 19.7. The number of carbonyl (C=O) groups excluding carboxylic acids is 2. The number of rotatable bonds is 5. The lowest BCUT2D eigenvalue weighted by Gasteiger charge is -2.29. The van der Waals surface area contributed by atoms with Gasteiger partial charge < -0.3 is 4.74 Å². The average molecular weight is 634 g/mol. The fourth-order valence-corrected chi connectivity index (χ4v) is 4.69. The maximum absolute atomic E-state index is 13.2. The molecule has 2 amide bonds. The minimum Gasteiger partial charge on any atom is -0.488 e. The van der Waals surface area contributed by atoms with Gasteiger partial charge in [0.25, 0.3) is 11.8 Å². The van der Waals surface area contributed by atoms with Crippen LogP contribution in [0, 0.1) is 14.9 Å². The maximum atomic E-state index is 13.2. The molecule has 0 aliphatic carbocycles. The van der Waals surface area contributed by atoms with E-state index in [1.165, 1.54) is 6.08 Å². The fourth-order valence-electron chi connectivity index (χ4n) is 3.34. The van der Waals surface area contributed by atoms with Gasteiger partial charge in [0.1, 0.15) is 17.9 Å². The van der Waals surface area contributed by atoms with E-state index in [1.54, 1.807) is 48.5 Å². The summed E-state index contributed by atoms with van der Waals surface area (Å²) in [6.45, 7) is 0.230. The lowest BCUT2D eigenvalue weighted by atomic mass is 10.1. The van der Waals surface area contributed by atoms with Gasteiger partial charge in [-0.2, -0.15) is 5.26 Å². The molecule has 0 radical (unpaired) electrons. The molecule has 1 aliphatic heterocycles. The summed E-state index contributed by atoms with van der Waals surface area (Å²) in [5.74, 6) is -0.627. The van der Waals surface area contributed by atoms with E-state index >= 15 is 0 Å². The highest BCUT2D eigenvalue weighted by Crippen LogP contribution is 2.34. The van der Waals surface area contributed by atoms with E-state index < -0.39 is 11.8 Å². The van der Waals surface area contributed by atoms with Crippen LogP contribution in [0.5, 0.6) is 5.75 Å². The molecule has 0 atom stereocenters. The Hall–Kier alpha value is -2.97. The predicted molar refractivity (Wildman–Crippen MR) is 147 cm³/mol. The molecule has 6 nitrogen and oxygen atoms in total. The van der Waals surface area contributed by atoms with Gasteiger partial charge in [-0.1, -0.05) is 53.5 Å². The van der Waals surface area contributed by atoms with Gasteiger partial charge in [-0.15, -0.1) is 0 Å². The van der Waals surface area contributed by atoms with Gasteiger partial charge in [-0.3, -0.25) is 19.8 Å². The first-order valence-corrected chi connectivity index (χ1v) is 12.3. The van der Waals surface area contributed by atoms with Crippen molar-refractivity contribution in [1.29, 1.82) is 5.26 Å². The SMILES string of the molecule is N#Cc1ccccc1COc1ccc(/C=C2\C(=O)NC(=S)N(c3cccc(Cl)c3Cl)C2=O)cc1I. The smallest absolute Gasteiger partial charge is 0.270 e. The summed E-state index contributed by atoms with van der Waals surface area (Å²) < 4.78 is 6.65. The van der Waals surface area contributed by atoms with Crippen LogP contribution in [-0.2, 0) is 16.2 Å². The van der Waals surface area contributed by atoms with E-state index in [-0.39, 0.29) is 33.0 Å². The number of carbonyl (C=O) groups is 2. The van der Waals surface area contributed by atoms with Crippen LogP contribution in [0.1, 0.15) is 16.7 Å². The minimum absolute atomic E-state index is 0.0858. The highest BCUT2D eigenvalue weighted by Gasteiger charge is 2.35. The number of nitriles is 1. The van der Waals surface area contributed by atoms with Crippen molar-refractivity contribution < 1.29 is 14.3 Å². The van der Waals surface area contributed by atoms with Crippen molar-refractivity contribution in [3.63, 3.8) is 0 Å². The first-order chi connectivity index (χ1) is 16.8. The number of amides is 2. The molecule has 10 heteroatoms. The zero-order valence-corrected chi connectivity index (χ0v) is 22.2. The second-order valence-corrected chi connectivity index (χ2v) is 9.61. The Morgan fingerprint density at radius 2 is 1.89 bits per heavy atom. The highest BCUT2D eigenvalue weighted by molar-refractivity contribution is 14.1. The van der Waals surface area contributed by atoms with Gasteiger partial charge in [0.05, 0.1) is 30.9 Å². The molecule has 0 bridgehead atoms. The van der Waals surface area contributed by atoms with Crippen molar-refractivity contribution in [3.05, 3.63) is 96.5 Å². The van der Waals surface area contributed by atoms with Gasteiger partial charge in [-0.05, 0) is 76.8 Å². The van der Waals surface area contributed by atoms with Gasteiger partial charge in [0, 0.05) is 5.56 Å². The number of ether oxygens (including phenoxy) is 1. The number of hydrogen-bond donors (Lipinski definition) is 1. The van der Waals surface area contributed by atoms with E-state index in [1.807, 2.05) is 12.1 Å². The topological polar surface area (TPSA) is 82.4 Å². The van der Waals surface area contributed by atoms with Crippen LogP contribution >= 0.6 is 58.0 Å². The molecule has 0 aromatic heterocycles. The van der Waals surface area contributed by atoms with E-state index in [9.17, 15) is 14.9 Å². The Bertz CT molecular complexity index is 1450. The number of nitrogens with one attached hydrogen (secondary N) is 1. The summed E-state index contributed by atoms with van der Waals surface area (Å²) in [5.41, 5.74) is 2.10. The van der Waals surface area contributed by atoms with Crippen LogP contribution in [0.25, 0.3) is 6.08 Å². The highest BCUT2D eigenvalue weighted by atomic mass is 127. The molecule has 3 aromatic carbocycles. The van der Waals surface area contributed by atoms with Crippen molar-refractivity contribution in [2.45, 2.75) is 6.61 Å². The van der Waals surface area contributed by atoms with Crippen molar-refractivity contribution >= 4 is 86.7 Å². The van der Waals surface area contributed by atoms with E-state index in [0.29, 0.717) is 16.9 Å². The zero-order valence-electron chi connectivity index (χ0n) is 17.7. The average Bonchev–Trinajstić information content (AvgIpc) is 2.84. The molecule has 174 valence electrons. The zero-order chi connectivity index (χ0) is 25.1. The number of nitrogens with zero attached hydrogens (tertiary/aromatic N) is 2. The van der Waals surface area contributed by atoms with Gasteiger partial charge >= 0.3 is 0 Å². The van der Waals surface area contributed by atoms with Crippen molar-refractivity contribution in [3.8, 4) is 11.8 Å². The van der Waals surface area contributed by atoms with Gasteiger partial charge in [0.2, 0.25) is 0 Å². The van der Waals surface area contributed by atoms with E-state index in [0.717, 1.165) is 14.0 Å². The lowest BCUT2D eigenvalue weighted by molar-refractivity contribution is -0.122. The monoisotopic (exact) mass is 633 g/mol. The van der Waals surface area contributed by atoms with Gasteiger partial charge in [0.15, 0.2) is 5.11 Å². The van der Waals surface area contributed by atoms with Crippen LogP contribution < -0.4 is 15.0 Å². The molecule has 1 aliphatic rings. The summed E-state index contributed by atoms with van der Waals surface area (Å²) in [6.07, 6.45) is 1.47. The van der Waals surface area contributed by atoms with Crippen LogP contribution in [0.15, 0.2) is 66.2 Å². The number of hydrogen-bond acceptors (Lipinski definition) is 5. The van der Waals surface area contributed by atoms with Crippen LogP contribution in [0.2, 0.25) is 10.0 Å². The molecular formula is C25H14Cl2IN3O3S. The second kappa shape index (κ2) is 10.7. The molecule has 1 fully saturated rings. The van der Waals surface area contributed by atoms with E-state index in [2.05, 4.69) is 34.0 Å². The quantitative estimate of drug-likeness (QED) is 0.164. The molecular weight excluding hydrogens is 620 g/mol. The normalized spacial score (nSPS) is 14.6. The third-order valence-electron chi connectivity index (χ3n) is 5.06. The Labute approximate surface area is 230 Å². The maximum Gasteiger partial charge on any atom is 0.270 e. The third kappa shape index (κ3) is 5.33. The summed E-state index contributed by atoms with van der Waals surface area (Å²) in [6, 6.07) is 19.4. The Morgan fingerprint density at radius 3 is 2.63 bits per heavy atom. The number of anilines is 1. The summed E-state index contributed by atoms with van der Waals surface area (Å²) in [4.78, 5) is 27.0. The minimum atomic E-state index is -0.619. The summed E-state index contributed by atoms with van der Waals surface area (Å²) in [7, 11) is 0. The van der Waals surface area contributed by atoms with E-state index in [4.69, 9.17) is 40.2 Å². The second-order valence-electron chi connectivity index (χ2n) is 7.28. The van der Waals surface area contributed by atoms with Crippen LogP contribution in [0.3, 0.4) is 0 Å². The molecule has 3 aromatic rings. The lowest BCUT2D eigenvalue weighted by Crippen LogP contribution is -2.54. The molecule has 1 heterocycles. The Balaban J connectivity index is 1.59. The molecule has 0 saturated carbocycles. The third-order valence-corrected chi connectivity index (χ3v) is 7.00. The van der Waals surface area contributed by atoms with Crippen LogP contribution in [0.4, 0.5) is 5.69 Å². The fraction of sp³-hybridized carbons (Fsp3) is 0.0400. The number of thiocarbonyl (C=S) groups is 1. The largest absolute Gasteiger partial charge is 0.488 e. The van der Waals surface area contributed by atoms with Crippen molar-refractivity contribution in [1.82, 2.24) is 5.32 Å². The molecule has 35 heavy (non-hydrogen) atoms. The Morgan fingerprint density at radius 1 is 1.11 bits per heavy atom. The number of halogens is 3. The van der Waals surface area contributed by atoms with Crippen LogP contribution in [-0.4, -0.2) is 16.9 Å². The first kappa shape index (κ1) is 25.1. The first-order valence-electron chi connectivity index (χ1n) is 10.1. The number of benzene rings is 3. The molecule has 1 N–H and O–H groups in total. The molecule has 0 spiro atoms. The van der Waals surface area contributed by atoms with Crippen molar-refractivity contribution in [2.24, 2.45) is 0 Å². The Kier molecular flexibility index (Phi) is 7.72.